The summed E-state index contributed by atoms with van der Waals surface area (Å²) in [5.74, 6) is 2.56. The monoisotopic (exact) mass is 370 g/mol. The van der Waals surface area contributed by atoms with E-state index in [1.165, 1.54) is 18.4 Å². The number of carbonyl (C=O) groups is 1. The molecule has 3 rings (SSSR count). The zero-order valence-electron chi connectivity index (χ0n) is 16.3. The molecule has 1 aromatic heterocycles. The predicted octanol–water partition coefficient (Wildman–Crippen LogP) is 2.98. The van der Waals surface area contributed by atoms with Gasteiger partial charge in [0.15, 0.2) is 5.82 Å². The first kappa shape index (κ1) is 19.5. The minimum atomic E-state index is 0.163. The van der Waals surface area contributed by atoms with E-state index in [0.717, 1.165) is 37.3 Å². The summed E-state index contributed by atoms with van der Waals surface area (Å²) in [5.41, 5.74) is 2.10. The molecule has 0 saturated carbocycles. The molecule has 0 aliphatic carbocycles. The van der Waals surface area contributed by atoms with E-state index in [1.54, 1.807) is 0 Å². The van der Waals surface area contributed by atoms with Crippen molar-refractivity contribution in [2.24, 2.45) is 11.8 Å². The van der Waals surface area contributed by atoms with Crippen LogP contribution in [0.5, 0.6) is 0 Å². The molecule has 1 aliphatic heterocycles. The number of piperidine rings is 1. The fraction of sp³-hybridized carbons (Fsp3) is 0.571. The molecule has 1 saturated heterocycles. The first-order chi connectivity index (χ1) is 13.2. The number of nitrogens with zero attached hydrogens (tertiary/aromatic N) is 2. The second-order valence-electron chi connectivity index (χ2n) is 7.44. The lowest BCUT2D eigenvalue weighted by Crippen LogP contribution is -2.34. The molecule has 146 valence electrons. The summed E-state index contributed by atoms with van der Waals surface area (Å²) in [6.45, 7) is 7.03. The maximum atomic E-state index is 12.2. The Bertz CT molecular complexity index is 720. The number of benzene rings is 1. The van der Waals surface area contributed by atoms with Crippen molar-refractivity contribution in [3.63, 3.8) is 0 Å². The van der Waals surface area contributed by atoms with Gasteiger partial charge in [0.25, 0.3) is 5.89 Å². The summed E-state index contributed by atoms with van der Waals surface area (Å²) in [5, 5.41) is 10.4. The molecule has 1 aliphatic rings. The van der Waals surface area contributed by atoms with Gasteiger partial charge in [-0.2, -0.15) is 4.98 Å². The highest BCUT2D eigenvalue weighted by atomic mass is 16.5. The first-order valence-corrected chi connectivity index (χ1v) is 10.0. The largest absolute Gasteiger partial charge is 0.356 e. The van der Waals surface area contributed by atoms with Crippen LogP contribution in [0.1, 0.15) is 44.5 Å². The van der Waals surface area contributed by atoms with E-state index in [-0.39, 0.29) is 5.91 Å². The van der Waals surface area contributed by atoms with Crippen molar-refractivity contribution in [1.29, 1.82) is 0 Å². The third-order valence-corrected chi connectivity index (χ3v) is 5.42. The van der Waals surface area contributed by atoms with Crippen LogP contribution >= 0.6 is 0 Å². The third-order valence-electron chi connectivity index (χ3n) is 5.42. The molecule has 1 amide bonds. The van der Waals surface area contributed by atoms with E-state index in [4.69, 9.17) is 4.52 Å². The molecule has 0 radical (unpaired) electrons. The summed E-state index contributed by atoms with van der Waals surface area (Å²) >= 11 is 0. The average Bonchev–Trinajstić information content (AvgIpc) is 3.18. The maximum Gasteiger partial charge on any atom is 0.257 e. The molecule has 1 atom stereocenters. The van der Waals surface area contributed by atoms with Gasteiger partial charge >= 0.3 is 0 Å². The fourth-order valence-corrected chi connectivity index (χ4v) is 3.62. The lowest BCUT2D eigenvalue weighted by molar-refractivity contribution is -0.122. The topological polar surface area (TPSA) is 80.0 Å². The van der Waals surface area contributed by atoms with Gasteiger partial charge in [-0.15, -0.1) is 0 Å². The van der Waals surface area contributed by atoms with E-state index in [2.05, 4.69) is 39.8 Å². The summed E-state index contributed by atoms with van der Waals surface area (Å²) in [6, 6.07) is 8.08. The van der Waals surface area contributed by atoms with Crippen molar-refractivity contribution >= 4 is 5.91 Å². The van der Waals surface area contributed by atoms with Crippen LogP contribution in [0.4, 0.5) is 0 Å². The molecular formula is C21H30N4O2. The molecule has 0 bridgehead atoms. The Balaban J connectivity index is 1.41. The van der Waals surface area contributed by atoms with Crippen molar-refractivity contribution in [3.05, 3.63) is 35.7 Å². The smallest absolute Gasteiger partial charge is 0.257 e. The number of hydrogen-bond acceptors (Lipinski definition) is 5. The number of nitrogens with one attached hydrogen (secondary N) is 2. The van der Waals surface area contributed by atoms with Gasteiger partial charge in [-0.1, -0.05) is 31.1 Å². The average molecular weight is 370 g/mol. The highest BCUT2D eigenvalue weighted by Gasteiger charge is 2.21. The molecule has 0 spiro atoms. The van der Waals surface area contributed by atoms with Crippen LogP contribution in [0, 0.1) is 11.8 Å². The zero-order valence-corrected chi connectivity index (χ0v) is 16.3. The van der Waals surface area contributed by atoms with Gasteiger partial charge < -0.3 is 15.2 Å². The van der Waals surface area contributed by atoms with E-state index in [0.29, 0.717) is 30.7 Å². The Morgan fingerprint density at radius 1 is 1.30 bits per heavy atom. The molecule has 2 aromatic rings. The summed E-state index contributed by atoms with van der Waals surface area (Å²) in [7, 11) is 0. The van der Waals surface area contributed by atoms with Gasteiger partial charge in [-0.3, -0.25) is 4.79 Å². The number of aromatic nitrogens is 2. The lowest BCUT2D eigenvalue weighted by Gasteiger charge is -2.27. The molecule has 2 N–H and O–H groups in total. The SMILES string of the molecule is CCc1noc(-c2ccc(CCNC(=O)CC(C)C3CCNCC3)cc2)n1. The summed E-state index contributed by atoms with van der Waals surface area (Å²) in [6.07, 6.45) is 4.57. The predicted molar refractivity (Wildman–Crippen MR) is 105 cm³/mol. The summed E-state index contributed by atoms with van der Waals surface area (Å²) in [4.78, 5) is 16.5. The quantitative estimate of drug-likeness (QED) is 0.747. The van der Waals surface area contributed by atoms with Gasteiger partial charge in [0.1, 0.15) is 0 Å². The molecule has 1 unspecified atom stereocenters. The first-order valence-electron chi connectivity index (χ1n) is 10.0. The molecule has 2 heterocycles. The number of carbonyl (C=O) groups excluding carboxylic acids is 1. The van der Waals surface area contributed by atoms with Gasteiger partial charge in [-0.05, 0) is 61.9 Å². The lowest BCUT2D eigenvalue weighted by atomic mass is 9.84. The Kier molecular flexibility index (Phi) is 6.98. The van der Waals surface area contributed by atoms with Crippen LogP contribution in [0.15, 0.2) is 28.8 Å². The number of rotatable bonds is 8. The van der Waals surface area contributed by atoms with Crippen LogP contribution in [0.25, 0.3) is 11.5 Å². The Hall–Kier alpha value is -2.21. The van der Waals surface area contributed by atoms with Gasteiger partial charge in [-0.25, -0.2) is 0 Å². The standard InChI is InChI=1S/C21H30N4O2/c1-3-19-24-21(27-25-19)18-6-4-16(5-7-18)8-13-23-20(26)14-15(2)17-9-11-22-12-10-17/h4-7,15,17,22H,3,8-14H2,1-2H3,(H,23,26). The van der Waals surface area contributed by atoms with Crippen LogP contribution in [-0.4, -0.2) is 35.7 Å². The minimum absolute atomic E-state index is 0.163. The van der Waals surface area contributed by atoms with E-state index in [1.807, 2.05) is 19.1 Å². The number of amides is 1. The third kappa shape index (κ3) is 5.63. The molecular weight excluding hydrogens is 340 g/mol. The van der Waals surface area contributed by atoms with Crippen LogP contribution in [0.3, 0.4) is 0 Å². The second kappa shape index (κ2) is 9.65. The van der Waals surface area contributed by atoms with Crippen LogP contribution < -0.4 is 10.6 Å². The van der Waals surface area contributed by atoms with Gasteiger partial charge in [0, 0.05) is 24.9 Å². The highest BCUT2D eigenvalue weighted by molar-refractivity contribution is 5.76. The van der Waals surface area contributed by atoms with Crippen molar-refractivity contribution < 1.29 is 9.32 Å². The number of hydrogen-bond donors (Lipinski definition) is 2. The second-order valence-corrected chi connectivity index (χ2v) is 7.44. The van der Waals surface area contributed by atoms with Crippen molar-refractivity contribution in [3.8, 4) is 11.5 Å². The van der Waals surface area contributed by atoms with Crippen molar-refractivity contribution in [1.82, 2.24) is 20.8 Å². The number of aryl methyl sites for hydroxylation is 1. The molecule has 6 heteroatoms. The van der Waals surface area contributed by atoms with E-state index in [9.17, 15) is 4.79 Å². The van der Waals surface area contributed by atoms with Gasteiger partial charge in [0.2, 0.25) is 5.91 Å². The minimum Gasteiger partial charge on any atom is -0.356 e. The Labute approximate surface area is 161 Å². The molecule has 6 nitrogen and oxygen atoms in total. The summed E-state index contributed by atoms with van der Waals surface area (Å²) < 4.78 is 5.26. The van der Waals surface area contributed by atoms with E-state index < -0.39 is 0 Å². The molecule has 1 aromatic carbocycles. The van der Waals surface area contributed by atoms with Crippen LogP contribution in [-0.2, 0) is 17.6 Å². The van der Waals surface area contributed by atoms with Crippen molar-refractivity contribution in [2.45, 2.75) is 46.0 Å². The fourth-order valence-electron chi connectivity index (χ4n) is 3.62. The molecule has 1 fully saturated rings. The zero-order chi connectivity index (χ0) is 19.1. The van der Waals surface area contributed by atoms with Crippen molar-refractivity contribution in [2.75, 3.05) is 19.6 Å². The Morgan fingerprint density at radius 2 is 2.04 bits per heavy atom. The highest BCUT2D eigenvalue weighted by Crippen LogP contribution is 2.24. The maximum absolute atomic E-state index is 12.2. The van der Waals surface area contributed by atoms with Crippen LogP contribution in [0.2, 0.25) is 0 Å². The molecule has 27 heavy (non-hydrogen) atoms. The normalized spacial score (nSPS) is 16.2. The van der Waals surface area contributed by atoms with Gasteiger partial charge in [0.05, 0.1) is 0 Å². The van der Waals surface area contributed by atoms with E-state index >= 15 is 0 Å². The Morgan fingerprint density at radius 3 is 2.70 bits per heavy atom.